The van der Waals surface area contributed by atoms with Crippen molar-refractivity contribution in [3.63, 3.8) is 0 Å². The van der Waals surface area contributed by atoms with Crippen LogP contribution in [0.3, 0.4) is 0 Å². The van der Waals surface area contributed by atoms with E-state index >= 15 is 0 Å². The van der Waals surface area contributed by atoms with E-state index in [1.165, 1.54) is 37.8 Å². The Kier molecular flexibility index (Phi) is 6.02. The highest BCUT2D eigenvalue weighted by molar-refractivity contribution is 5.20. The molecule has 3 rings (SSSR count). The summed E-state index contributed by atoms with van der Waals surface area (Å²) in [7, 11) is 1.87. The van der Waals surface area contributed by atoms with Crippen LogP contribution in [-0.2, 0) is 19.7 Å². The van der Waals surface area contributed by atoms with E-state index < -0.39 is 11.6 Å². The van der Waals surface area contributed by atoms with Crippen LogP contribution in [0.1, 0.15) is 43.4 Å². The molecule has 4 nitrogen and oxygen atoms in total. The van der Waals surface area contributed by atoms with Gasteiger partial charge in [-0.05, 0) is 31.5 Å². The van der Waals surface area contributed by atoms with Gasteiger partial charge in [-0.2, -0.15) is 5.10 Å². The fraction of sp³-hybridized carbons (Fsp3) is 0.526. The second-order valence-electron chi connectivity index (χ2n) is 6.69. The van der Waals surface area contributed by atoms with E-state index in [-0.39, 0.29) is 6.61 Å². The van der Waals surface area contributed by atoms with E-state index in [4.69, 9.17) is 4.74 Å². The number of hydrogen-bond acceptors (Lipinski definition) is 3. The Hall–Kier alpha value is -1.95. The van der Waals surface area contributed by atoms with Gasteiger partial charge in [0, 0.05) is 30.8 Å². The zero-order valence-electron chi connectivity index (χ0n) is 14.6. The number of aromatic nitrogens is 2. The summed E-state index contributed by atoms with van der Waals surface area (Å²) in [4.78, 5) is 0. The Labute approximate surface area is 147 Å². The summed E-state index contributed by atoms with van der Waals surface area (Å²) in [5.41, 5.74) is 1.23. The zero-order valence-corrected chi connectivity index (χ0v) is 14.6. The zero-order chi connectivity index (χ0) is 17.6. The predicted octanol–water partition coefficient (Wildman–Crippen LogP) is 4.04. The number of nitrogens with one attached hydrogen (secondary N) is 1. The molecule has 1 saturated carbocycles. The molecule has 1 fully saturated rings. The van der Waals surface area contributed by atoms with Gasteiger partial charge in [-0.3, -0.25) is 0 Å². The number of hydrogen-bond donors (Lipinski definition) is 1. The number of aryl methyl sites for hydroxylation is 1. The molecule has 0 atom stereocenters. The van der Waals surface area contributed by atoms with Crippen LogP contribution in [0.2, 0.25) is 0 Å². The number of rotatable bonds is 8. The van der Waals surface area contributed by atoms with Gasteiger partial charge in [0.15, 0.2) is 0 Å². The number of nitrogens with zero attached hydrogens (tertiary/aromatic N) is 2. The molecule has 1 N–H and O–H groups in total. The fourth-order valence-electron chi connectivity index (χ4n) is 3.39. The van der Waals surface area contributed by atoms with Gasteiger partial charge in [-0.25, -0.2) is 13.5 Å². The second-order valence-corrected chi connectivity index (χ2v) is 6.69. The first kappa shape index (κ1) is 17.9. The molecule has 1 aromatic heterocycles. The molecule has 0 amide bonds. The minimum absolute atomic E-state index is 0.0558. The smallest absolute Gasteiger partial charge is 0.212 e. The van der Waals surface area contributed by atoms with Gasteiger partial charge in [0.1, 0.15) is 18.2 Å². The van der Waals surface area contributed by atoms with E-state index in [1.54, 1.807) is 0 Å². The Morgan fingerprint density at radius 2 is 2.04 bits per heavy atom. The van der Waals surface area contributed by atoms with Crippen molar-refractivity contribution >= 4 is 0 Å². The van der Waals surface area contributed by atoms with Crippen LogP contribution in [0.5, 0.6) is 5.88 Å². The topological polar surface area (TPSA) is 39.1 Å². The molecule has 0 spiro atoms. The van der Waals surface area contributed by atoms with Gasteiger partial charge in [-0.1, -0.05) is 25.7 Å². The van der Waals surface area contributed by atoms with Gasteiger partial charge in [-0.15, -0.1) is 0 Å². The van der Waals surface area contributed by atoms with E-state index in [2.05, 4.69) is 10.4 Å². The van der Waals surface area contributed by atoms with Gasteiger partial charge in [0.25, 0.3) is 0 Å². The first-order valence-corrected chi connectivity index (χ1v) is 8.93. The Bertz CT molecular complexity index is 696. The Balaban J connectivity index is 1.67. The lowest BCUT2D eigenvalue weighted by atomic mass is 10.0. The van der Waals surface area contributed by atoms with Gasteiger partial charge in [0.05, 0.1) is 5.69 Å². The summed E-state index contributed by atoms with van der Waals surface area (Å²) < 4.78 is 34.5. The molecule has 1 aliphatic carbocycles. The molecular formula is C19H25F2N3O. The highest BCUT2D eigenvalue weighted by Crippen LogP contribution is 2.28. The van der Waals surface area contributed by atoms with Crippen LogP contribution in [0.25, 0.3) is 0 Å². The summed E-state index contributed by atoms with van der Waals surface area (Å²) in [5, 5.41) is 7.66. The summed E-state index contributed by atoms with van der Waals surface area (Å²) in [5.74, 6) is 0.220. The number of ether oxygens (including phenoxy) is 1. The van der Waals surface area contributed by atoms with Crippen LogP contribution >= 0.6 is 0 Å². The molecule has 1 heterocycles. The predicted molar refractivity (Wildman–Crippen MR) is 92.3 cm³/mol. The van der Waals surface area contributed by atoms with Crippen LogP contribution in [0.4, 0.5) is 8.78 Å². The number of halogens is 2. The van der Waals surface area contributed by atoms with Crippen molar-refractivity contribution < 1.29 is 13.5 Å². The van der Waals surface area contributed by atoms with E-state index in [0.29, 0.717) is 18.0 Å². The van der Waals surface area contributed by atoms with Gasteiger partial charge < -0.3 is 10.1 Å². The molecule has 25 heavy (non-hydrogen) atoms. The second kappa shape index (κ2) is 8.43. The van der Waals surface area contributed by atoms with Gasteiger partial charge >= 0.3 is 0 Å². The summed E-state index contributed by atoms with van der Waals surface area (Å²) >= 11 is 0. The van der Waals surface area contributed by atoms with E-state index in [0.717, 1.165) is 30.6 Å². The molecule has 2 aromatic rings. The van der Waals surface area contributed by atoms with Crippen LogP contribution < -0.4 is 10.1 Å². The minimum atomic E-state index is -0.590. The highest BCUT2D eigenvalue weighted by atomic mass is 19.1. The molecule has 0 aliphatic heterocycles. The third kappa shape index (κ3) is 4.78. The normalized spacial score (nSPS) is 15.0. The van der Waals surface area contributed by atoms with Crippen molar-refractivity contribution in [2.45, 2.75) is 51.8 Å². The van der Waals surface area contributed by atoms with Crippen molar-refractivity contribution in [1.29, 1.82) is 0 Å². The maximum Gasteiger partial charge on any atom is 0.212 e. The molecule has 0 bridgehead atoms. The fourth-order valence-corrected chi connectivity index (χ4v) is 3.39. The first-order valence-electron chi connectivity index (χ1n) is 8.93. The molecule has 1 aromatic carbocycles. The van der Waals surface area contributed by atoms with Gasteiger partial charge in [0.2, 0.25) is 5.88 Å². The molecule has 0 radical (unpaired) electrons. The summed E-state index contributed by atoms with van der Waals surface area (Å²) in [6.07, 6.45) is 6.31. The summed E-state index contributed by atoms with van der Waals surface area (Å²) in [6.45, 7) is 1.51. The summed E-state index contributed by atoms with van der Waals surface area (Å²) in [6, 6.07) is 5.42. The van der Waals surface area contributed by atoms with Crippen LogP contribution in [-0.4, -0.2) is 16.8 Å². The standard InChI is InChI=1S/C19H25F2N3O/c1-22-12-17-11-19(24(23-17)9-8-14-4-2-3-5-14)25-13-15-6-7-16(20)10-18(15)21/h6-7,10-11,14,22H,2-5,8-9,12-13H2,1H3. The third-order valence-corrected chi connectivity index (χ3v) is 4.77. The third-order valence-electron chi connectivity index (χ3n) is 4.77. The van der Waals surface area contributed by atoms with Crippen molar-refractivity contribution in [1.82, 2.24) is 15.1 Å². The average Bonchev–Trinajstić information content (AvgIpc) is 3.22. The molecular weight excluding hydrogens is 324 g/mol. The van der Waals surface area contributed by atoms with Crippen molar-refractivity contribution in [3.05, 3.63) is 47.2 Å². The maximum absolute atomic E-state index is 13.8. The Morgan fingerprint density at radius 1 is 1.24 bits per heavy atom. The van der Waals surface area contributed by atoms with Crippen molar-refractivity contribution in [3.8, 4) is 5.88 Å². The molecule has 136 valence electrons. The largest absolute Gasteiger partial charge is 0.473 e. The van der Waals surface area contributed by atoms with E-state index in [1.807, 2.05) is 17.8 Å². The minimum Gasteiger partial charge on any atom is -0.473 e. The lowest BCUT2D eigenvalue weighted by Crippen LogP contribution is -2.10. The lowest BCUT2D eigenvalue weighted by molar-refractivity contribution is 0.262. The van der Waals surface area contributed by atoms with Crippen molar-refractivity contribution in [2.24, 2.45) is 5.92 Å². The maximum atomic E-state index is 13.8. The SMILES string of the molecule is CNCc1cc(OCc2ccc(F)cc2F)n(CCC2CCCC2)n1. The molecule has 1 aliphatic rings. The van der Waals surface area contributed by atoms with Crippen LogP contribution in [0.15, 0.2) is 24.3 Å². The molecule has 0 unspecified atom stereocenters. The first-order chi connectivity index (χ1) is 12.2. The van der Waals surface area contributed by atoms with E-state index in [9.17, 15) is 8.78 Å². The monoisotopic (exact) mass is 349 g/mol. The van der Waals surface area contributed by atoms with Crippen LogP contribution in [0, 0.1) is 17.6 Å². The molecule has 0 saturated heterocycles. The quantitative estimate of drug-likeness (QED) is 0.782. The highest BCUT2D eigenvalue weighted by Gasteiger charge is 2.17. The Morgan fingerprint density at radius 3 is 2.76 bits per heavy atom. The molecule has 6 heteroatoms. The average molecular weight is 349 g/mol. The lowest BCUT2D eigenvalue weighted by Gasteiger charge is -2.12. The van der Waals surface area contributed by atoms with Crippen molar-refractivity contribution in [2.75, 3.05) is 7.05 Å². The number of benzene rings is 1.